The van der Waals surface area contributed by atoms with Gasteiger partial charge in [-0.1, -0.05) is 5.16 Å². The maximum atomic E-state index is 13.7. The molecule has 0 aliphatic heterocycles. The van der Waals surface area contributed by atoms with E-state index in [1.54, 1.807) is 0 Å². The second-order valence-electron chi connectivity index (χ2n) is 3.65. The fourth-order valence-corrected chi connectivity index (χ4v) is 2.78. The van der Waals surface area contributed by atoms with E-state index in [4.69, 9.17) is 15.7 Å². The van der Waals surface area contributed by atoms with E-state index >= 15 is 0 Å². The topological polar surface area (TPSA) is 67.8 Å². The highest BCUT2D eigenvalue weighted by Gasteiger charge is 2.08. The molecule has 0 unspecified atom stereocenters. The molecule has 0 amide bonds. The first-order chi connectivity index (χ1) is 9.10. The van der Waals surface area contributed by atoms with Crippen molar-refractivity contribution in [2.24, 2.45) is 10.9 Å². The van der Waals surface area contributed by atoms with Gasteiger partial charge >= 0.3 is 0 Å². The molecule has 0 atom stereocenters. The maximum absolute atomic E-state index is 13.7. The Labute approximate surface area is 121 Å². The van der Waals surface area contributed by atoms with Crippen LogP contribution in [0.5, 0.6) is 5.75 Å². The van der Waals surface area contributed by atoms with E-state index in [0.29, 0.717) is 5.56 Å². The summed E-state index contributed by atoms with van der Waals surface area (Å²) in [4.78, 5) is 0.979. The van der Waals surface area contributed by atoms with Gasteiger partial charge in [0.1, 0.15) is 6.61 Å². The molecule has 7 heteroatoms. The Balaban J connectivity index is 2.09. The molecule has 0 saturated carbocycles. The van der Waals surface area contributed by atoms with Gasteiger partial charge in [0.25, 0.3) is 0 Å². The molecule has 0 aliphatic rings. The molecule has 0 bridgehead atoms. The Bertz CT molecular complexity index is 616. The minimum absolute atomic E-state index is 0.124. The Hall–Kier alpha value is -1.60. The molecule has 2 rings (SSSR count). The third-order valence-electron chi connectivity index (χ3n) is 2.33. The van der Waals surface area contributed by atoms with Crippen molar-refractivity contribution >= 4 is 33.1 Å². The SMILES string of the molecule is N/C(=N/O)c1ccc(OCc2cc(Br)cs2)c(F)c1. The van der Waals surface area contributed by atoms with Gasteiger partial charge in [0.05, 0.1) is 0 Å². The van der Waals surface area contributed by atoms with Gasteiger partial charge < -0.3 is 15.7 Å². The van der Waals surface area contributed by atoms with E-state index in [-0.39, 0.29) is 18.2 Å². The summed E-state index contributed by atoms with van der Waals surface area (Å²) in [6, 6.07) is 6.05. The van der Waals surface area contributed by atoms with Gasteiger partial charge in [-0.05, 0) is 40.2 Å². The van der Waals surface area contributed by atoms with Crippen molar-refractivity contribution in [3.63, 3.8) is 0 Å². The van der Waals surface area contributed by atoms with Gasteiger partial charge in [-0.15, -0.1) is 11.3 Å². The fraction of sp³-hybridized carbons (Fsp3) is 0.0833. The number of amidine groups is 1. The minimum Gasteiger partial charge on any atom is -0.485 e. The zero-order valence-corrected chi connectivity index (χ0v) is 12.0. The molecule has 0 spiro atoms. The molecule has 4 nitrogen and oxygen atoms in total. The number of halogens is 2. The van der Waals surface area contributed by atoms with Gasteiger partial charge in [0.15, 0.2) is 17.4 Å². The van der Waals surface area contributed by atoms with E-state index in [0.717, 1.165) is 15.4 Å². The van der Waals surface area contributed by atoms with Crippen LogP contribution in [0.4, 0.5) is 4.39 Å². The monoisotopic (exact) mass is 344 g/mol. The summed E-state index contributed by atoms with van der Waals surface area (Å²) < 4.78 is 20.1. The van der Waals surface area contributed by atoms with Crippen LogP contribution < -0.4 is 10.5 Å². The number of oxime groups is 1. The third kappa shape index (κ3) is 3.45. The zero-order chi connectivity index (χ0) is 13.8. The summed E-state index contributed by atoms with van der Waals surface area (Å²) in [7, 11) is 0. The van der Waals surface area contributed by atoms with Gasteiger partial charge in [-0.25, -0.2) is 4.39 Å². The summed E-state index contributed by atoms with van der Waals surface area (Å²) in [6.07, 6.45) is 0. The normalized spacial score (nSPS) is 11.6. The summed E-state index contributed by atoms with van der Waals surface area (Å²) in [6.45, 7) is 0.288. The molecule has 3 N–H and O–H groups in total. The van der Waals surface area contributed by atoms with E-state index < -0.39 is 5.82 Å². The van der Waals surface area contributed by atoms with E-state index in [2.05, 4.69) is 21.1 Å². The second-order valence-corrected chi connectivity index (χ2v) is 5.56. The fourth-order valence-electron chi connectivity index (χ4n) is 1.41. The standard InChI is InChI=1S/C12H10BrFN2O2S/c13-8-4-9(19-6-8)5-18-11-2-1-7(3-10(11)14)12(15)16-17/h1-4,6,17H,5H2,(H2,15,16). The van der Waals surface area contributed by atoms with Crippen LogP contribution in [0, 0.1) is 5.82 Å². The van der Waals surface area contributed by atoms with E-state index in [9.17, 15) is 4.39 Å². The number of ether oxygens (including phenoxy) is 1. The van der Waals surface area contributed by atoms with Gasteiger partial charge in [0.2, 0.25) is 0 Å². The summed E-state index contributed by atoms with van der Waals surface area (Å²) >= 11 is 4.86. The van der Waals surface area contributed by atoms with E-state index in [1.165, 1.54) is 23.5 Å². The molecular weight excluding hydrogens is 335 g/mol. The highest BCUT2D eigenvalue weighted by molar-refractivity contribution is 9.10. The average Bonchev–Trinajstić information content (AvgIpc) is 2.82. The lowest BCUT2D eigenvalue weighted by Gasteiger charge is -2.07. The highest BCUT2D eigenvalue weighted by atomic mass is 79.9. The Morgan fingerprint density at radius 3 is 2.84 bits per heavy atom. The van der Waals surface area contributed by atoms with Crippen LogP contribution in [0.15, 0.2) is 39.3 Å². The predicted molar refractivity (Wildman–Crippen MR) is 75.3 cm³/mol. The Morgan fingerprint density at radius 2 is 2.26 bits per heavy atom. The van der Waals surface area contributed by atoms with Crippen molar-refractivity contribution in [2.45, 2.75) is 6.61 Å². The van der Waals surface area contributed by atoms with Gasteiger partial charge in [-0.2, -0.15) is 0 Å². The summed E-state index contributed by atoms with van der Waals surface area (Å²) in [5, 5.41) is 13.2. The van der Waals surface area contributed by atoms with Crippen LogP contribution in [-0.4, -0.2) is 11.0 Å². The first-order valence-corrected chi connectivity index (χ1v) is 6.90. The molecular formula is C12H10BrFN2O2S. The number of hydrogen-bond acceptors (Lipinski definition) is 4. The quantitative estimate of drug-likeness (QED) is 0.387. The number of nitrogens with two attached hydrogens (primary N) is 1. The molecule has 1 heterocycles. The van der Waals surface area contributed by atoms with Crippen LogP contribution in [0.2, 0.25) is 0 Å². The maximum Gasteiger partial charge on any atom is 0.170 e. The van der Waals surface area contributed by atoms with Crippen molar-refractivity contribution in [3.05, 3.63) is 50.4 Å². The number of thiophene rings is 1. The van der Waals surface area contributed by atoms with Crippen molar-refractivity contribution in [2.75, 3.05) is 0 Å². The summed E-state index contributed by atoms with van der Waals surface area (Å²) in [5.41, 5.74) is 5.67. The highest BCUT2D eigenvalue weighted by Crippen LogP contribution is 2.23. The van der Waals surface area contributed by atoms with Crippen molar-refractivity contribution in [1.82, 2.24) is 0 Å². The minimum atomic E-state index is -0.556. The van der Waals surface area contributed by atoms with E-state index in [1.807, 2.05) is 11.4 Å². The van der Waals surface area contributed by atoms with Gasteiger partial charge in [0, 0.05) is 20.3 Å². The Morgan fingerprint density at radius 1 is 1.47 bits per heavy atom. The van der Waals surface area contributed by atoms with Gasteiger partial charge in [-0.3, -0.25) is 0 Å². The molecule has 0 fully saturated rings. The average molecular weight is 345 g/mol. The molecule has 2 aromatic rings. The van der Waals surface area contributed by atoms with Crippen LogP contribution in [-0.2, 0) is 6.61 Å². The van der Waals surface area contributed by atoms with Crippen LogP contribution in [0.1, 0.15) is 10.4 Å². The molecule has 1 aromatic heterocycles. The molecule has 0 saturated heterocycles. The lowest BCUT2D eigenvalue weighted by Crippen LogP contribution is -2.13. The van der Waals surface area contributed by atoms with Crippen LogP contribution in [0.25, 0.3) is 0 Å². The molecule has 19 heavy (non-hydrogen) atoms. The van der Waals surface area contributed by atoms with Crippen molar-refractivity contribution in [1.29, 1.82) is 0 Å². The second kappa shape index (κ2) is 6.03. The number of benzene rings is 1. The predicted octanol–water partition coefficient (Wildman–Crippen LogP) is 3.32. The lowest BCUT2D eigenvalue weighted by molar-refractivity contribution is 0.293. The first kappa shape index (κ1) is 13.8. The smallest absolute Gasteiger partial charge is 0.170 e. The Kier molecular flexibility index (Phi) is 4.39. The number of rotatable bonds is 4. The third-order valence-corrected chi connectivity index (χ3v) is 4.00. The molecule has 1 aromatic carbocycles. The number of hydrogen-bond donors (Lipinski definition) is 2. The molecule has 0 aliphatic carbocycles. The van der Waals surface area contributed by atoms with Crippen LogP contribution >= 0.6 is 27.3 Å². The molecule has 100 valence electrons. The lowest BCUT2D eigenvalue weighted by atomic mass is 10.2. The van der Waals surface area contributed by atoms with Crippen molar-refractivity contribution < 1.29 is 14.3 Å². The molecule has 0 radical (unpaired) electrons. The van der Waals surface area contributed by atoms with Crippen molar-refractivity contribution in [3.8, 4) is 5.75 Å². The number of nitrogens with zero attached hydrogens (tertiary/aromatic N) is 1. The largest absolute Gasteiger partial charge is 0.485 e. The van der Waals surface area contributed by atoms with Crippen LogP contribution in [0.3, 0.4) is 0 Å². The summed E-state index contributed by atoms with van der Waals surface area (Å²) in [5.74, 6) is -0.577. The first-order valence-electron chi connectivity index (χ1n) is 5.23. The zero-order valence-electron chi connectivity index (χ0n) is 9.64.